The Morgan fingerprint density at radius 3 is 2.74 bits per heavy atom. The van der Waals surface area contributed by atoms with Gasteiger partial charge in [0.2, 0.25) is 0 Å². The lowest BCUT2D eigenvalue weighted by atomic mass is 9.85. The molecule has 0 amide bonds. The summed E-state index contributed by atoms with van der Waals surface area (Å²) in [5, 5.41) is 9.61. The summed E-state index contributed by atoms with van der Waals surface area (Å²) in [7, 11) is 0. The zero-order valence-electron chi connectivity index (χ0n) is 11.1. The summed E-state index contributed by atoms with van der Waals surface area (Å²) >= 11 is 2.03. The van der Waals surface area contributed by atoms with Crippen LogP contribution in [0.1, 0.15) is 11.6 Å². The molecule has 1 aromatic rings. The average Bonchev–Trinajstić information content (AvgIpc) is 2.44. The first-order valence-corrected chi connectivity index (χ1v) is 8.04. The summed E-state index contributed by atoms with van der Waals surface area (Å²) in [4.78, 5) is 2.53. The van der Waals surface area contributed by atoms with Crippen LogP contribution in [-0.4, -0.2) is 54.4 Å². The van der Waals surface area contributed by atoms with Crippen molar-refractivity contribution in [2.24, 2.45) is 5.41 Å². The van der Waals surface area contributed by atoms with Crippen LogP contribution in [0.3, 0.4) is 0 Å². The molecule has 0 radical (unpaired) electrons. The number of nitrogens with zero attached hydrogens (tertiary/aromatic N) is 1. The molecule has 3 nitrogen and oxygen atoms in total. The average molecular weight is 279 g/mol. The molecule has 0 saturated carbocycles. The van der Waals surface area contributed by atoms with Crippen molar-refractivity contribution in [3.05, 3.63) is 35.9 Å². The van der Waals surface area contributed by atoms with E-state index in [9.17, 15) is 5.11 Å². The molecule has 1 unspecified atom stereocenters. The van der Waals surface area contributed by atoms with Gasteiger partial charge < -0.3 is 9.84 Å². The molecule has 2 fully saturated rings. The van der Waals surface area contributed by atoms with Gasteiger partial charge >= 0.3 is 0 Å². The molecule has 1 N–H and O–H groups in total. The smallest absolute Gasteiger partial charge is 0.0579 e. The molecule has 3 rings (SSSR count). The van der Waals surface area contributed by atoms with Gasteiger partial charge in [-0.2, -0.15) is 11.8 Å². The Bertz CT molecular complexity index is 402. The maximum absolute atomic E-state index is 9.61. The van der Waals surface area contributed by atoms with Crippen molar-refractivity contribution in [2.75, 3.05) is 44.4 Å². The van der Waals surface area contributed by atoms with Crippen molar-refractivity contribution < 1.29 is 9.84 Å². The van der Waals surface area contributed by atoms with Crippen LogP contribution in [0.2, 0.25) is 0 Å². The summed E-state index contributed by atoms with van der Waals surface area (Å²) in [5.74, 6) is 2.33. The van der Waals surface area contributed by atoms with Crippen LogP contribution in [0, 0.1) is 5.41 Å². The number of rotatable bonds is 4. The Balaban J connectivity index is 1.74. The number of aliphatic hydroxyl groups is 1. The Hall–Kier alpha value is -0.550. The molecule has 1 aromatic carbocycles. The molecule has 2 aliphatic rings. The van der Waals surface area contributed by atoms with Gasteiger partial charge in [-0.25, -0.2) is 0 Å². The molecule has 2 heterocycles. The Kier molecular flexibility index (Phi) is 4.12. The zero-order valence-corrected chi connectivity index (χ0v) is 11.9. The largest absolute Gasteiger partial charge is 0.396 e. The van der Waals surface area contributed by atoms with Crippen molar-refractivity contribution in [2.45, 2.75) is 6.04 Å². The molecule has 2 saturated heterocycles. The lowest BCUT2D eigenvalue weighted by molar-refractivity contribution is -0.151. The van der Waals surface area contributed by atoms with Gasteiger partial charge in [0, 0.05) is 30.6 Å². The Labute approximate surface area is 118 Å². The summed E-state index contributed by atoms with van der Waals surface area (Å²) in [6, 6.07) is 11.2. The fourth-order valence-corrected chi connectivity index (χ4v) is 4.02. The maximum atomic E-state index is 9.61. The Morgan fingerprint density at radius 1 is 1.32 bits per heavy atom. The minimum Gasteiger partial charge on any atom is -0.396 e. The van der Waals surface area contributed by atoms with Crippen LogP contribution in [0.15, 0.2) is 30.3 Å². The summed E-state index contributed by atoms with van der Waals surface area (Å²) in [6.45, 7) is 3.69. The summed E-state index contributed by atoms with van der Waals surface area (Å²) < 4.78 is 5.32. The number of thioether (sulfide) groups is 1. The highest BCUT2D eigenvalue weighted by Gasteiger charge is 2.41. The highest BCUT2D eigenvalue weighted by Crippen LogP contribution is 2.35. The van der Waals surface area contributed by atoms with Crippen molar-refractivity contribution in [1.29, 1.82) is 0 Å². The summed E-state index contributed by atoms with van der Waals surface area (Å²) in [6.07, 6.45) is 0. The molecule has 0 spiro atoms. The van der Waals surface area contributed by atoms with Crippen LogP contribution >= 0.6 is 11.8 Å². The van der Waals surface area contributed by atoms with Crippen molar-refractivity contribution in [3.63, 3.8) is 0 Å². The van der Waals surface area contributed by atoms with E-state index in [0.717, 1.165) is 18.8 Å². The minimum absolute atomic E-state index is 0.0188. The molecule has 2 aliphatic heterocycles. The third kappa shape index (κ3) is 2.82. The van der Waals surface area contributed by atoms with Gasteiger partial charge in [0.05, 0.1) is 25.2 Å². The molecule has 0 aliphatic carbocycles. The van der Waals surface area contributed by atoms with Crippen molar-refractivity contribution >= 4 is 11.8 Å². The third-order valence-corrected chi connectivity index (χ3v) is 5.14. The van der Waals surface area contributed by atoms with E-state index in [1.807, 2.05) is 11.8 Å². The van der Waals surface area contributed by atoms with Gasteiger partial charge in [-0.05, 0) is 5.56 Å². The zero-order chi connectivity index (χ0) is 13.1. The quantitative estimate of drug-likeness (QED) is 0.911. The molecule has 0 aromatic heterocycles. The standard InChI is InChI=1S/C15H21NO2S/c17-10-15(11-18-12-15)9-16-6-7-19-8-14(16)13-4-2-1-3-5-13/h1-5,14,17H,6-12H2. The van der Waals surface area contributed by atoms with Crippen LogP contribution in [-0.2, 0) is 4.74 Å². The molecule has 1 atom stereocenters. The van der Waals surface area contributed by atoms with E-state index in [1.54, 1.807) is 0 Å². The van der Waals surface area contributed by atoms with E-state index in [2.05, 4.69) is 35.2 Å². The first kappa shape index (κ1) is 13.4. The van der Waals surface area contributed by atoms with E-state index >= 15 is 0 Å². The van der Waals surface area contributed by atoms with Gasteiger partial charge in [-0.15, -0.1) is 0 Å². The highest BCUT2D eigenvalue weighted by molar-refractivity contribution is 7.99. The van der Waals surface area contributed by atoms with E-state index in [1.165, 1.54) is 11.3 Å². The lowest BCUT2D eigenvalue weighted by Crippen LogP contribution is -2.55. The number of aliphatic hydroxyl groups excluding tert-OH is 1. The third-order valence-electron chi connectivity index (χ3n) is 4.11. The molecule has 4 heteroatoms. The molecular formula is C15H21NO2S. The SMILES string of the molecule is OCC1(CN2CCSCC2c2ccccc2)COC1. The second kappa shape index (κ2) is 5.83. The second-order valence-electron chi connectivity index (χ2n) is 5.62. The van der Waals surface area contributed by atoms with Gasteiger partial charge in [0.15, 0.2) is 0 Å². The number of hydrogen-bond donors (Lipinski definition) is 1. The first-order chi connectivity index (χ1) is 9.33. The predicted octanol–water partition coefficient (Wildman–Crippen LogP) is 1.79. The van der Waals surface area contributed by atoms with Gasteiger partial charge in [-0.3, -0.25) is 4.90 Å². The van der Waals surface area contributed by atoms with E-state index < -0.39 is 0 Å². The fourth-order valence-electron chi connectivity index (χ4n) is 2.86. The Morgan fingerprint density at radius 2 is 2.11 bits per heavy atom. The van der Waals surface area contributed by atoms with E-state index in [4.69, 9.17) is 4.74 Å². The predicted molar refractivity (Wildman–Crippen MR) is 78.4 cm³/mol. The second-order valence-corrected chi connectivity index (χ2v) is 6.77. The lowest BCUT2D eigenvalue weighted by Gasteiger charge is -2.46. The normalized spacial score (nSPS) is 26.9. The van der Waals surface area contributed by atoms with Crippen LogP contribution in [0.25, 0.3) is 0 Å². The van der Waals surface area contributed by atoms with Crippen LogP contribution < -0.4 is 0 Å². The maximum Gasteiger partial charge on any atom is 0.0579 e. The van der Waals surface area contributed by atoms with Gasteiger partial charge in [0.1, 0.15) is 0 Å². The summed E-state index contributed by atoms with van der Waals surface area (Å²) in [5.41, 5.74) is 1.37. The van der Waals surface area contributed by atoms with Crippen molar-refractivity contribution in [3.8, 4) is 0 Å². The number of benzene rings is 1. The molecule has 0 bridgehead atoms. The number of ether oxygens (including phenoxy) is 1. The fraction of sp³-hybridized carbons (Fsp3) is 0.600. The van der Waals surface area contributed by atoms with Crippen molar-refractivity contribution in [1.82, 2.24) is 4.90 Å². The number of hydrogen-bond acceptors (Lipinski definition) is 4. The minimum atomic E-state index is -0.0188. The molecule has 19 heavy (non-hydrogen) atoms. The van der Waals surface area contributed by atoms with E-state index in [-0.39, 0.29) is 12.0 Å². The first-order valence-electron chi connectivity index (χ1n) is 6.88. The van der Waals surface area contributed by atoms with Gasteiger partial charge in [-0.1, -0.05) is 30.3 Å². The highest BCUT2D eigenvalue weighted by atomic mass is 32.2. The van der Waals surface area contributed by atoms with Crippen LogP contribution in [0.4, 0.5) is 0 Å². The topological polar surface area (TPSA) is 32.7 Å². The van der Waals surface area contributed by atoms with Gasteiger partial charge in [0.25, 0.3) is 0 Å². The monoisotopic (exact) mass is 279 g/mol. The molecular weight excluding hydrogens is 258 g/mol. The van der Waals surface area contributed by atoms with E-state index in [0.29, 0.717) is 19.3 Å². The molecule has 104 valence electrons. The van der Waals surface area contributed by atoms with Crippen LogP contribution in [0.5, 0.6) is 0 Å².